The van der Waals surface area contributed by atoms with Crippen LogP contribution in [-0.2, 0) is 14.4 Å². The molecule has 12 rings (SSSR count). The molecular formula is C94H125Cl5N12O6. The van der Waals surface area contributed by atoms with Crippen molar-refractivity contribution < 1.29 is 28.8 Å². The van der Waals surface area contributed by atoms with E-state index >= 15 is 0 Å². The SMILES string of the molecule is CC[C@H](CN1CCC(CNC(=O)c2ccc3cc(Cl)ccc3c2)NC(C2CCNCC2)C1=O)c1ccccc1.CC[C@H](CN1CC[C@@H](CNC(=O)c2ccc(Cl)c(Cl)c2)N[C@@H](CCN(C(C)C)C(C)C)C1=O)c1ccccc1.CC[C@H](CN1CC[C@@H](CNC(=O)c2ccc(Cl)c(Cl)c2)N[C@@H](CCN2CCC(C)CC2)C1=O)c1ccccc1. The van der Waals surface area contributed by atoms with Gasteiger partial charge in [0.25, 0.3) is 17.7 Å². The smallest absolute Gasteiger partial charge is 0.251 e. The highest BCUT2D eigenvalue weighted by atomic mass is 35.5. The zero-order valence-corrected chi connectivity index (χ0v) is 73.5. The van der Waals surface area contributed by atoms with Gasteiger partial charge in [-0.1, -0.05) is 189 Å². The fourth-order valence-corrected chi connectivity index (χ4v) is 17.9. The number of piperidine rings is 2. The highest BCUT2D eigenvalue weighted by molar-refractivity contribution is 6.42. The van der Waals surface area contributed by atoms with E-state index in [0.717, 1.165) is 120 Å². The Kier molecular flexibility index (Phi) is 36.7. The first kappa shape index (κ1) is 92.1. The van der Waals surface area contributed by atoms with Gasteiger partial charge in [0.05, 0.1) is 38.2 Å². The lowest BCUT2D eigenvalue weighted by Crippen LogP contribution is -2.54. The van der Waals surface area contributed by atoms with Crippen molar-refractivity contribution in [1.29, 1.82) is 0 Å². The number of carbonyl (C=O) groups excluding carboxylic acids is 6. The van der Waals surface area contributed by atoms with Crippen molar-refractivity contribution in [3.63, 3.8) is 0 Å². The topological polar surface area (TPSA) is 203 Å². The molecule has 5 heterocycles. The summed E-state index contributed by atoms with van der Waals surface area (Å²) in [4.78, 5) is 91.5. The van der Waals surface area contributed by atoms with Gasteiger partial charge in [-0.15, -0.1) is 0 Å². The molecule has 5 aliphatic rings. The van der Waals surface area contributed by atoms with Crippen LogP contribution in [0.1, 0.15) is 198 Å². The van der Waals surface area contributed by atoms with Crippen LogP contribution in [-0.4, -0.2) is 206 Å². The van der Waals surface area contributed by atoms with E-state index in [-0.39, 0.29) is 77.6 Å². The monoisotopic (exact) mass is 1690 g/mol. The quantitative estimate of drug-likeness (QED) is 0.0225. The van der Waals surface area contributed by atoms with E-state index in [1.807, 2.05) is 59.5 Å². The number of carbonyl (C=O) groups is 6. The molecule has 7 aromatic rings. The van der Waals surface area contributed by atoms with Gasteiger partial charge in [-0.05, 0) is 231 Å². The second-order valence-corrected chi connectivity index (χ2v) is 35.2. The first-order valence-corrected chi connectivity index (χ1v) is 44.8. The van der Waals surface area contributed by atoms with Crippen LogP contribution in [0.2, 0.25) is 25.1 Å². The van der Waals surface area contributed by atoms with Crippen LogP contribution < -0.4 is 37.2 Å². The molecule has 18 nitrogen and oxygen atoms in total. The minimum absolute atomic E-state index is 0.00569. The number of hydrogen-bond acceptors (Lipinski definition) is 12. The van der Waals surface area contributed by atoms with E-state index in [9.17, 15) is 28.8 Å². The molecule has 0 aliphatic carbocycles. The van der Waals surface area contributed by atoms with Crippen molar-refractivity contribution in [2.24, 2.45) is 11.8 Å². The Morgan fingerprint density at radius 2 is 0.838 bits per heavy atom. The summed E-state index contributed by atoms with van der Waals surface area (Å²) < 4.78 is 0. The maximum atomic E-state index is 13.9. The molecule has 23 heteroatoms. The molecule has 0 spiro atoms. The van der Waals surface area contributed by atoms with Gasteiger partial charge >= 0.3 is 0 Å². The van der Waals surface area contributed by atoms with Crippen molar-refractivity contribution in [2.75, 3.05) is 98.2 Å². The van der Waals surface area contributed by atoms with E-state index < -0.39 is 0 Å². The first-order valence-electron chi connectivity index (χ1n) is 42.9. The van der Waals surface area contributed by atoms with Crippen molar-refractivity contribution >= 4 is 104 Å². The molecule has 0 saturated carbocycles. The summed E-state index contributed by atoms with van der Waals surface area (Å²) in [5.41, 5.74) is 5.38. The maximum absolute atomic E-state index is 13.9. The van der Waals surface area contributed by atoms with Gasteiger partial charge in [0.15, 0.2) is 0 Å². The molecule has 7 aromatic carbocycles. The van der Waals surface area contributed by atoms with Gasteiger partial charge in [-0.2, -0.15) is 0 Å². The number of fused-ring (bicyclic) bond motifs is 1. The molecule has 5 saturated heterocycles. The number of nitrogens with zero attached hydrogens (tertiary/aromatic N) is 5. The second kappa shape index (κ2) is 46.6. The molecule has 117 heavy (non-hydrogen) atoms. The van der Waals surface area contributed by atoms with Crippen molar-refractivity contribution in [3.8, 4) is 0 Å². The van der Waals surface area contributed by atoms with E-state index in [4.69, 9.17) is 58.0 Å². The predicted molar refractivity (Wildman–Crippen MR) is 480 cm³/mol. The summed E-state index contributed by atoms with van der Waals surface area (Å²) in [5, 5.41) is 27.8. The summed E-state index contributed by atoms with van der Waals surface area (Å²) in [7, 11) is 0. The Morgan fingerprint density at radius 3 is 1.26 bits per heavy atom. The summed E-state index contributed by atoms with van der Waals surface area (Å²) in [6.07, 6.45) is 11.1. The Balaban J connectivity index is 0.000000185. The van der Waals surface area contributed by atoms with Crippen molar-refractivity contribution in [2.45, 2.75) is 199 Å². The van der Waals surface area contributed by atoms with Gasteiger partial charge in [0, 0.05) is 142 Å². The van der Waals surface area contributed by atoms with E-state index in [1.54, 1.807) is 36.4 Å². The lowest BCUT2D eigenvalue weighted by atomic mass is 9.88. The number of hydrogen-bond donors (Lipinski definition) is 7. The van der Waals surface area contributed by atoms with E-state index in [1.165, 1.54) is 29.5 Å². The number of halogens is 5. The molecule has 0 bridgehead atoms. The molecule has 0 aromatic heterocycles. The minimum atomic E-state index is -0.312. The van der Waals surface area contributed by atoms with Crippen LogP contribution in [0.3, 0.4) is 0 Å². The zero-order valence-electron chi connectivity index (χ0n) is 69.8. The third kappa shape index (κ3) is 27.4. The lowest BCUT2D eigenvalue weighted by Gasteiger charge is -2.34. The second-order valence-electron chi connectivity index (χ2n) is 33.1. The van der Waals surface area contributed by atoms with Crippen LogP contribution in [0.15, 0.2) is 164 Å². The number of likely N-dealkylation sites (tertiary alicyclic amines) is 1. The number of nitrogens with one attached hydrogen (secondary N) is 7. The Hall–Kier alpha value is -7.17. The minimum Gasteiger partial charge on any atom is -0.350 e. The summed E-state index contributed by atoms with van der Waals surface area (Å²) in [6.45, 7) is 28.9. The molecule has 6 amide bonds. The van der Waals surface area contributed by atoms with Crippen LogP contribution in [0.25, 0.3) is 10.8 Å². The fourth-order valence-electron chi connectivity index (χ4n) is 17.1. The Morgan fingerprint density at radius 1 is 0.444 bits per heavy atom. The number of amides is 6. The van der Waals surface area contributed by atoms with Gasteiger partial charge in [0.1, 0.15) is 0 Å². The van der Waals surface area contributed by atoms with Crippen LogP contribution in [0.4, 0.5) is 0 Å². The van der Waals surface area contributed by atoms with Gasteiger partial charge in [0.2, 0.25) is 17.7 Å². The van der Waals surface area contributed by atoms with Gasteiger partial charge in [-0.25, -0.2) is 0 Å². The average molecular weight is 1700 g/mol. The third-order valence-corrected chi connectivity index (χ3v) is 26.1. The standard InChI is InChI=1S/C32H39ClN4O2.C31H42Cl2N4O2.C31H44Cl2N4O2/c1-2-22(23-6-4-3-5-7-23)21-37-17-14-29(36-30(32(37)39)24-12-15-34-16-13-24)20-35-31(38)27-9-8-26-19-28(33)11-10-25(26)18-27;1-3-23(24-7-5-4-6-8-24)21-37-18-13-26(20-34-30(38)25-9-10-27(32)28(33)19-25)35-29(31(37)39)14-17-36-15-11-22(2)12-16-36;1-6-23(24-10-8-7-9-11-24)20-36-16-14-26(19-34-30(38)25-12-13-27(32)28(33)18-25)35-29(31(36)39)15-17-37(21(2)3)22(4)5/h3-11,18-19,22,24,29-30,34,36H,2,12-17,20-21H2,1H3,(H,35,38);4-10,19,22-23,26,29,35H,3,11-18,20-21H2,1-2H3,(H,34,38);7-13,18,21-23,26,29,35H,6,14-17,19-20H2,1-5H3,(H,34,38)/t22-,29?,30?;2*23-,26+,29+/m111/s1. The Labute approximate surface area is 720 Å². The molecule has 5 fully saturated rings. The number of benzene rings is 7. The molecule has 0 radical (unpaired) electrons. The normalized spacial score (nSPS) is 20.8. The molecule has 2 unspecified atom stereocenters. The lowest BCUT2D eigenvalue weighted by molar-refractivity contribution is -0.135. The van der Waals surface area contributed by atoms with Gasteiger partial charge < -0.3 is 56.8 Å². The molecular weight excluding hydrogens is 1570 g/mol. The summed E-state index contributed by atoms with van der Waals surface area (Å²) >= 11 is 30.4. The van der Waals surface area contributed by atoms with Crippen LogP contribution in [0.5, 0.6) is 0 Å². The van der Waals surface area contributed by atoms with Crippen LogP contribution >= 0.6 is 58.0 Å². The third-order valence-electron chi connectivity index (χ3n) is 24.4. The fraction of sp³-hybridized carbons (Fsp3) is 0.511. The van der Waals surface area contributed by atoms with Crippen molar-refractivity contribution in [3.05, 3.63) is 222 Å². The average Bonchev–Trinajstić information content (AvgIpc) is 1.66. The Bertz CT molecular complexity index is 4300. The van der Waals surface area contributed by atoms with Gasteiger partial charge in [-0.3, -0.25) is 33.7 Å². The van der Waals surface area contributed by atoms with E-state index in [0.29, 0.717) is 130 Å². The molecule has 7 N–H and O–H groups in total. The molecule has 9 atom stereocenters. The largest absolute Gasteiger partial charge is 0.350 e. The maximum Gasteiger partial charge on any atom is 0.251 e. The highest BCUT2D eigenvalue weighted by Gasteiger charge is 2.39. The summed E-state index contributed by atoms with van der Waals surface area (Å²) in [5.74, 6) is 1.98. The highest BCUT2D eigenvalue weighted by Crippen LogP contribution is 2.31. The zero-order chi connectivity index (χ0) is 83.5. The van der Waals surface area contributed by atoms with Crippen molar-refractivity contribution in [1.82, 2.24) is 61.7 Å². The number of rotatable bonds is 30. The molecule has 5 aliphatic heterocycles. The van der Waals surface area contributed by atoms with E-state index in [2.05, 4.69) is 185 Å². The first-order chi connectivity index (χ1) is 56.4. The summed E-state index contributed by atoms with van der Waals surface area (Å²) in [6, 6.07) is 52.5. The predicted octanol–water partition coefficient (Wildman–Crippen LogP) is 16.6. The van der Waals surface area contributed by atoms with Crippen LogP contribution in [0, 0.1) is 11.8 Å². The molecule has 632 valence electrons.